The summed E-state index contributed by atoms with van der Waals surface area (Å²) in [7, 11) is 1.51. The molecule has 1 amide bonds. The number of ether oxygens (including phenoxy) is 2. The van der Waals surface area contributed by atoms with Crippen LogP contribution in [0.4, 0.5) is 0 Å². The lowest BCUT2D eigenvalue weighted by Crippen LogP contribution is -2.42. The molecule has 1 aliphatic rings. The van der Waals surface area contributed by atoms with E-state index in [-0.39, 0.29) is 17.4 Å². The summed E-state index contributed by atoms with van der Waals surface area (Å²) in [5.41, 5.74) is 0.525. The molecule has 21 heavy (non-hydrogen) atoms. The summed E-state index contributed by atoms with van der Waals surface area (Å²) < 4.78 is 33.3. The first-order valence-electron chi connectivity index (χ1n) is 6.41. The highest BCUT2D eigenvalue weighted by molar-refractivity contribution is 8.13. The minimum absolute atomic E-state index is 0.0134. The Bertz CT molecular complexity index is 625. The van der Waals surface area contributed by atoms with Gasteiger partial charge in [-0.3, -0.25) is 4.79 Å². The molecule has 0 saturated carbocycles. The van der Waals surface area contributed by atoms with Crippen molar-refractivity contribution in [2.75, 3.05) is 32.9 Å². The van der Waals surface area contributed by atoms with Crippen LogP contribution in [0, 0.1) is 6.92 Å². The van der Waals surface area contributed by atoms with E-state index in [1.807, 2.05) is 0 Å². The molecule has 6 nitrogen and oxygen atoms in total. The number of halogens is 1. The smallest absolute Gasteiger partial charge is 0.261 e. The fourth-order valence-electron chi connectivity index (χ4n) is 1.98. The second-order valence-corrected chi connectivity index (χ2v) is 7.18. The first kappa shape index (κ1) is 16.1. The molecular weight excluding hydrogens is 318 g/mol. The van der Waals surface area contributed by atoms with Gasteiger partial charge in [0.2, 0.25) is 0 Å². The number of morpholine rings is 1. The fourth-order valence-corrected chi connectivity index (χ4v) is 3.19. The van der Waals surface area contributed by atoms with Gasteiger partial charge >= 0.3 is 0 Å². The van der Waals surface area contributed by atoms with E-state index in [4.69, 9.17) is 20.2 Å². The molecule has 0 aliphatic carbocycles. The van der Waals surface area contributed by atoms with Crippen LogP contribution in [0.5, 0.6) is 5.75 Å². The van der Waals surface area contributed by atoms with Crippen molar-refractivity contribution in [2.45, 2.75) is 11.8 Å². The number of benzene rings is 1. The summed E-state index contributed by atoms with van der Waals surface area (Å²) in [6, 6.07) is 4.52. The SMILES string of the molecule is Cc1ccc(OCC(=O)N2CCOCC2)cc1S(=O)(=O)Cl. The first-order valence-corrected chi connectivity index (χ1v) is 8.72. The van der Waals surface area contributed by atoms with Crippen molar-refractivity contribution in [3.63, 3.8) is 0 Å². The van der Waals surface area contributed by atoms with E-state index in [0.29, 0.717) is 37.6 Å². The van der Waals surface area contributed by atoms with Gasteiger partial charge in [0.25, 0.3) is 15.0 Å². The Hall–Kier alpha value is -1.31. The average molecular weight is 334 g/mol. The Morgan fingerprint density at radius 3 is 2.67 bits per heavy atom. The van der Waals surface area contributed by atoms with Gasteiger partial charge in [-0.1, -0.05) is 6.07 Å². The molecule has 0 unspecified atom stereocenters. The predicted octanol–water partition coefficient (Wildman–Crippen LogP) is 1.16. The maximum atomic E-state index is 11.9. The van der Waals surface area contributed by atoms with E-state index in [2.05, 4.69) is 0 Å². The van der Waals surface area contributed by atoms with Crippen LogP contribution in [-0.2, 0) is 18.6 Å². The normalized spacial score (nSPS) is 15.8. The van der Waals surface area contributed by atoms with Gasteiger partial charge in [-0.05, 0) is 18.6 Å². The second-order valence-electron chi connectivity index (χ2n) is 4.65. The lowest BCUT2D eigenvalue weighted by molar-refractivity contribution is -0.137. The van der Waals surface area contributed by atoms with Crippen molar-refractivity contribution in [2.24, 2.45) is 0 Å². The number of nitrogens with zero attached hydrogens (tertiary/aromatic N) is 1. The van der Waals surface area contributed by atoms with Crippen molar-refractivity contribution in [3.8, 4) is 5.75 Å². The van der Waals surface area contributed by atoms with E-state index >= 15 is 0 Å². The number of hydrogen-bond donors (Lipinski definition) is 0. The lowest BCUT2D eigenvalue weighted by Gasteiger charge is -2.26. The summed E-state index contributed by atoms with van der Waals surface area (Å²) in [5.74, 6) is 0.135. The number of aryl methyl sites for hydroxylation is 1. The number of carbonyl (C=O) groups is 1. The molecule has 1 aromatic carbocycles. The van der Waals surface area contributed by atoms with Gasteiger partial charge in [0, 0.05) is 29.8 Å². The highest BCUT2D eigenvalue weighted by Gasteiger charge is 2.18. The van der Waals surface area contributed by atoms with Crippen LogP contribution in [-0.4, -0.2) is 52.1 Å². The zero-order valence-corrected chi connectivity index (χ0v) is 13.1. The van der Waals surface area contributed by atoms with Crippen molar-refractivity contribution < 1.29 is 22.7 Å². The van der Waals surface area contributed by atoms with Gasteiger partial charge in [-0.25, -0.2) is 8.42 Å². The summed E-state index contributed by atoms with van der Waals surface area (Å²) in [4.78, 5) is 13.6. The number of amides is 1. The van der Waals surface area contributed by atoms with E-state index in [1.54, 1.807) is 24.0 Å². The monoisotopic (exact) mass is 333 g/mol. The summed E-state index contributed by atoms with van der Waals surface area (Å²) in [6.45, 7) is 3.60. The van der Waals surface area contributed by atoms with E-state index in [0.717, 1.165) is 0 Å². The van der Waals surface area contributed by atoms with Crippen LogP contribution < -0.4 is 4.74 Å². The molecule has 0 bridgehead atoms. The minimum atomic E-state index is -3.83. The van der Waals surface area contributed by atoms with Gasteiger partial charge in [0.1, 0.15) is 5.75 Å². The van der Waals surface area contributed by atoms with E-state index in [1.165, 1.54) is 6.07 Å². The van der Waals surface area contributed by atoms with Crippen LogP contribution in [0.15, 0.2) is 23.1 Å². The zero-order valence-electron chi connectivity index (χ0n) is 11.5. The maximum Gasteiger partial charge on any atom is 0.261 e. The highest BCUT2D eigenvalue weighted by Crippen LogP contribution is 2.24. The number of hydrogen-bond acceptors (Lipinski definition) is 5. The summed E-state index contributed by atoms with van der Waals surface area (Å²) >= 11 is 0. The molecule has 1 aliphatic heterocycles. The third-order valence-electron chi connectivity index (χ3n) is 3.15. The summed E-state index contributed by atoms with van der Waals surface area (Å²) in [5, 5.41) is 0. The molecular formula is C13H16ClNO5S. The van der Waals surface area contributed by atoms with Crippen molar-refractivity contribution in [1.82, 2.24) is 4.90 Å². The Morgan fingerprint density at radius 2 is 2.05 bits per heavy atom. The topological polar surface area (TPSA) is 72.9 Å². The molecule has 1 aromatic rings. The number of carbonyl (C=O) groups excluding carboxylic acids is 1. The molecule has 0 N–H and O–H groups in total. The molecule has 1 heterocycles. The van der Waals surface area contributed by atoms with Crippen LogP contribution in [0.1, 0.15) is 5.56 Å². The van der Waals surface area contributed by atoms with Gasteiger partial charge in [-0.15, -0.1) is 0 Å². The standard InChI is InChI=1S/C13H16ClNO5S/c1-10-2-3-11(8-12(10)21(14,17)18)20-9-13(16)15-4-6-19-7-5-15/h2-3,8H,4-7,9H2,1H3. The Labute approximate surface area is 128 Å². The van der Waals surface area contributed by atoms with Crippen molar-refractivity contribution in [3.05, 3.63) is 23.8 Å². The maximum absolute atomic E-state index is 11.9. The second kappa shape index (κ2) is 6.64. The van der Waals surface area contributed by atoms with E-state index in [9.17, 15) is 13.2 Å². The van der Waals surface area contributed by atoms with Crippen LogP contribution in [0.25, 0.3) is 0 Å². The third-order valence-corrected chi connectivity index (χ3v) is 4.61. The van der Waals surface area contributed by atoms with Gasteiger partial charge in [0.15, 0.2) is 6.61 Å². The molecule has 0 atom stereocenters. The third kappa shape index (κ3) is 4.33. The largest absolute Gasteiger partial charge is 0.484 e. The van der Waals surface area contributed by atoms with Gasteiger partial charge in [0.05, 0.1) is 18.1 Å². The van der Waals surface area contributed by atoms with Crippen molar-refractivity contribution >= 4 is 25.6 Å². The van der Waals surface area contributed by atoms with Crippen LogP contribution in [0.2, 0.25) is 0 Å². The summed E-state index contributed by atoms with van der Waals surface area (Å²) in [6.07, 6.45) is 0. The van der Waals surface area contributed by atoms with E-state index < -0.39 is 9.05 Å². The molecule has 1 saturated heterocycles. The number of rotatable bonds is 4. The van der Waals surface area contributed by atoms with Crippen LogP contribution >= 0.6 is 10.7 Å². The Balaban J connectivity index is 2.02. The van der Waals surface area contributed by atoms with Crippen LogP contribution in [0.3, 0.4) is 0 Å². The molecule has 0 radical (unpaired) electrons. The minimum Gasteiger partial charge on any atom is -0.484 e. The lowest BCUT2D eigenvalue weighted by atomic mass is 10.2. The predicted molar refractivity (Wildman–Crippen MR) is 77.1 cm³/mol. The quantitative estimate of drug-likeness (QED) is 0.773. The molecule has 2 rings (SSSR count). The Morgan fingerprint density at radius 1 is 1.38 bits per heavy atom. The van der Waals surface area contributed by atoms with Gasteiger partial charge in [-0.2, -0.15) is 0 Å². The molecule has 1 fully saturated rings. The zero-order chi connectivity index (χ0) is 15.5. The Kier molecular flexibility index (Phi) is 5.08. The highest BCUT2D eigenvalue weighted by atomic mass is 35.7. The fraction of sp³-hybridized carbons (Fsp3) is 0.462. The average Bonchev–Trinajstić information content (AvgIpc) is 2.45. The molecule has 8 heteroatoms. The molecule has 0 spiro atoms. The first-order chi connectivity index (χ1) is 9.88. The molecule has 0 aromatic heterocycles. The molecule has 116 valence electrons. The van der Waals surface area contributed by atoms with Gasteiger partial charge < -0.3 is 14.4 Å². The van der Waals surface area contributed by atoms with Crippen molar-refractivity contribution in [1.29, 1.82) is 0 Å².